The van der Waals surface area contributed by atoms with Gasteiger partial charge in [0.2, 0.25) is 5.13 Å². The molecule has 4 rings (SSSR count). The summed E-state index contributed by atoms with van der Waals surface area (Å²) in [6.07, 6.45) is 0. The first-order chi connectivity index (χ1) is 14.7. The maximum Gasteiger partial charge on any atom is 0.279 e. The number of thioether (sulfide) groups is 1. The van der Waals surface area contributed by atoms with Gasteiger partial charge in [-0.05, 0) is 29.6 Å². The molecule has 0 radical (unpaired) electrons. The molecule has 0 bridgehead atoms. The van der Waals surface area contributed by atoms with Gasteiger partial charge in [0.25, 0.3) is 5.91 Å². The van der Waals surface area contributed by atoms with Crippen LogP contribution in [0.2, 0.25) is 0 Å². The van der Waals surface area contributed by atoms with E-state index in [1.165, 1.54) is 16.2 Å². The fraction of sp³-hybridized carbons (Fsp3) is 0.158. The number of aromatic nitrogens is 3. The number of hydrogen-bond donors (Lipinski definition) is 1. The first kappa shape index (κ1) is 20.4. The molecule has 0 unspecified atom stereocenters. The monoisotopic (exact) mass is 460 g/mol. The van der Waals surface area contributed by atoms with E-state index in [0.29, 0.717) is 28.0 Å². The molecule has 1 N–H and O–H groups in total. The summed E-state index contributed by atoms with van der Waals surface area (Å²) in [5, 5.41) is 17.1. The van der Waals surface area contributed by atoms with Crippen molar-refractivity contribution in [1.82, 2.24) is 15.4 Å². The summed E-state index contributed by atoms with van der Waals surface area (Å²) in [6, 6.07) is 10.9. The molecule has 1 amide bonds. The summed E-state index contributed by atoms with van der Waals surface area (Å²) >= 11 is 4.58. The summed E-state index contributed by atoms with van der Waals surface area (Å²) < 4.78 is 16.7. The van der Waals surface area contributed by atoms with Crippen LogP contribution in [0.5, 0.6) is 11.5 Å². The lowest BCUT2D eigenvalue weighted by Gasteiger charge is -2.07. The summed E-state index contributed by atoms with van der Waals surface area (Å²) in [5.41, 5.74) is 0.754. The number of anilines is 1. The molecule has 3 heterocycles. The Bertz CT molecular complexity index is 1140. The molecule has 0 atom stereocenters. The molecule has 0 fully saturated rings. The third-order valence-corrected chi connectivity index (χ3v) is 7.04. The van der Waals surface area contributed by atoms with E-state index in [1.54, 1.807) is 61.6 Å². The highest BCUT2D eigenvalue weighted by molar-refractivity contribution is 8.00. The van der Waals surface area contributed by atoms with Gasteiger partial charge in [0.05, 0.1) is 19.8 Å². The third-order valence-electron chi connectivity index (χ3n) is 3.96. The van der Waals surface area contributed by atoms with Gasteiger partial charge in [-0.25, -0.2) is 0 Å². The number of nitrogens with zero attached hydrogens (tertiary/aromatic N) is 3. The zero-order chi connectivity index (χ0) is 20.9. The molecule has 0 aliphatic heterocycles. The van der Waals surface area contributed by atoms with Crippen molar-refractivity contribution in [3.8, 4) is 22.8 Å². The Kier molecular flexibility index (Phi) is 6.31. The average molecular weight is 461 g/mol. The number of benzene rings is 1. The molecular formula is C19H16N4O4S3. The van der Waals surface area contributed by atoms with Crippen molar-refractivity contribution in [2.45, 2.75) is 10.1 Å². The van der Waals surface area contributed by atoms with Crippen molar-refractivity contribution < 1.29 is 18.8 Å². The maximum atomic E-state index is 12.5. The molecule has 30 heavy (non-hydrogen) atoms. The highest BCUT2D eigenvalue weighted by atomic mass is 32.2. The van der Waals surface area contributed by atoms with Crippen molar-refractivity contribution in [3.63, 3.8) is 0 Å². The van der Waals surface area contributed by atoms with Crippen LogP contribution in [0.25, 0.3) is 11.3 Å². The molecule has 0 saturated carbocycles. The number of nitrogens with one attached hydrogen (secondary N) is 1. The van der Waals surface area contributed by atoms with Crippen molar-refractivity contribution >= 4 is 45.5 Å². The van der Waals surface area contributed by atoms with Crippen molar-refractivity contribution in [2.75, 3.05) is 19.5 Å². The van der Waals surface area contributed by atoms with Gasteiger partial charge in [-0.3, -0.25) is 10.1 Å². The molecule has 0 saturated heterocycles. The molecule has 8 nitrogen and oxygen atoms in total. The zero-order valence-electron chi connectivity index (χ0n) is 15.9. The van der Waals surface area contributed by atoms with Crippen LogP contribution in [-0.4, -0.2) is 35.5 Å². The third kappa shape index (κ3) is 4.64. The fourth-order valence-electron chi connectivity index (χ4n) is 2.52. The van der Waals surface area contributed by atoms with Crippen LogP contribution in [0, 0.1) is 0 Å². The number of ether oxygens (including phenoxy) is 2. The first-order valence-electron chi connectivity index (χ1n) is 8.65. The second-order valence-corrected chi connectivity index (χ2v) is 9.07. The molecule has 154 valence electrons. The van der Waals surface area contributed by atoms with Crippen LogP contribution in [-0.2, 0) is 5.75 Å². The number of carbonyl (C=O) groups is 1. The van der Waals surface area contributed by atoms with Crippen LogP contribution in [0.4, 0.5) is 5.13 Å². The molecule has 3 aromatic heterocycles. The minimum absolute atomic E-state index is 0.123. The maximum absolute atomic E-state index is 12.5. The lowest BCUT2D eigenvalue weighted by Crippen LogP contribution is -2.11. The molecular weight excluding hydrogens is 444 g/mol. The Morgan fingerprint density at radius 2 is 2.10 bits per heavy atom. The Morgan fingerprint density at radius 1 is 1.20 bits per heavy atom. The van der Waals surface area contributed by atoms with Crippen LogP contribution in [0.3, 0.4) is 0 Å². The van der Waals surface area contributed by atoms with Gasteiger partial charge in [0.1, 0.15) is 11.5 Å². The smallest absolute Gasteiger partial charge is 0.279 e. The van der Waals surface area contributed by atoms with Crippen LogP contribution >= 0.6 is 34.4 Å². The van der Waals surface area contributed by atoms with Gasteiger partial charge in [0.15, 0.2) is 15.8 Å². The Labute approximate surface area is 184 Å². The lowest BCUT2D eigenvalue weighted by molar-refractivity contribution is 0.101. The summed E-state index contributed by atoms with van der Waals surface area (Å²) in [6.45, 7) is 0. The van der Waals surface area contributed by atoms with E-state index in [4.69, 9.17) is 14.0 Å². The van der Waals surface area contributed by atoms with Gasteiger partial charge in [0, 0.05) is 16.7 Å². The molecule has 0 aliphatic rings. The lowest BCUT2D eigenvalue weighted by atomic mass is 10.1. The first-order valence-corrected chi connectivity index (χ1v) is 11.3. The predicted octanol–water partition coefficient (Wildman–Crippen LogP) is 4.82. The van der Waals surface area contributed by atoms with Gasteiger partial charge in [-0.2, -0.15) is 0 Å². The van der Waals surface area contributed by atoms with Gasteiger partial charge in [-0.1, -0.05) is 34.3 Å². The second-order valence-electron chi connectivity index (χ2n) is 5.84. The van der Waals surface area contributed by atoms with Crippen molar-refractivity contribution in [3.05, 3.63) is 52.3 Å². The molecule has 11 heteroatoms. The Morgan fingerprint density at radius 3 is 2.87 bits per heavy atom. The van der Waals surface area contributed by atoms with E-state index in [1.807, 2.05) is 11.4 Å². The van der Waals surface area contributed by atoms with E-state index < -0.39 is 5.91 Å². The highest BCUT2D eigenvalue weighted by Crippen LogP contribution is 2.34. The van der Waals surface area contributed by atoms with Crippen molar-refractivity contribution in [2.24, 2.45) is 0 Å². The van der Waals surface area contributed by atoms with Gasteiger partial charge < -0.3 is 14.0 Å². The summed E-state index contributed by atoms with van der Waals surface area (Å²) in [7, 11) is 3.12. The topological polar surface area (TPSA) is 99.4 Å². The van der Waals surface area contributed by atoms with E-state index in [0.717, 1.165) is 10.1 Å². The van der Waals surface area contributed by atoms with E-state index >= 15 is 0 Å². The number of hydrogen-bond acceptors (Lipinski definition) is 10. The normalized spacial score (nSPS) is 10.7. The van der Waals surface area contributed by atoms with Crippen molar-refractivity contribution in [1.29, 1.82) is 0 Å². The average Bonchev–Trinajstić information content (AvgIpc) is 3.53. The quantitative estimate of drug-likeness (QED) is 0.295. The van der Waals surface area contributed by atoms with Crippen LogP contribution in [0.1, 0.15) is 15.4 Å². The predicted molar refractivity (Wildman–Crippen MR) is 117 cm³/mol. The zero-order valence-corrected chi connectivity index (χ0v) is 18.4. The largest absolute Gasteiger partial charge is 0.497 e. The van der Waals surface area contributed by atoms with E-state index in [-0.39, 0.29) is 5.69 Å². The molecule has 0 spiro atoms. The van der Waals surface area contributed by atoms with Gasteiger partial charge in [-0.15, -0.1) is 21.5 Å². The number of rotatable bonds is 8. The minimum atomic E-state index is -0.433. The minimum Gasteiger partial charge on any atom is -0.497 e. The number of amides is 1. The number of carbonyl (C=O) groups excluding carboxylic acids is 1. The van der Waals surface area contributed by atoms with Crippen LogP contribution < -0.4 is 14.8 Å². The number of thiophene rings is 1. The summed E-state index contributed by atoms with van der Waals surface area (Å²) in [4.78, 5) is 13.8. The van der Waals surface area contributed by atoms with E-state index in [2.05, 4.69) is 26.7 Å². The summed E-state index contributed by atoms with van der Waals surface area (Å²) in [5.74, 6) is 1.98. The molecule has 4 aromatic rings. The van der Waals surface area contributed by atoms with Gasteiger partial charge >= 0.3 is 0 Å². The Balaban J connectivity index is 1.44. The van der Waals surface area contributed by atoms with Crippen LogP contribution in [0.15, 0.2) is 50.6 Å². The second kappa shape index (κ2) is 9.28. The standard InChI is InChI=1S/C19H16N4O4S3/c1-25-11-5-6-15(26-2)13(8-11)16-9-14(23-27-16)17(24)20-18-21-22-19(30-18)29-10-12-4-3-7-28-12/h3-9H,10H2,1-2H3,(H,20,21,24). The number of methoxy groups -OCH3 is 2. The molecule has 1 aromatic carbocycles. The SMILES string of the molecule is COc1ccc(OC)c(-c2cc(C(=O)Nc3nnc(SCc4cccs4)s3)no2)c1. The highest BCUT2D eigenvalue weighted by Gasteiger charge is 2.18. The fourth-order valence-corrected chi connectivity index (χ4v) is 5.04. The van der Waals surface area contributed by atoms with E-state index in [9.17, 15) is 4.79 Å². The Hall–Kier alpha value is -2.89. The molecule has 0 aliphatic carbocycles.